The van der Waals surface area contributed by atoms with Crippen molar-refractivity contribution in [2.75, 3.05) is 24.5 Å². The fourth-order valence-corrected chi connectivity index (χ4v) is 4.85. The van der Waals surface area contributed by atoms with Crippen LogP contribution in [-0.4, -0.2) is 30.2 Å². The van der Waals surface area contributed by atoms with Crippen molar-refractivity contribution in [1.82, 2.24) is 9.88 Å². The van der Waals surface area contributed by atoms with Crippen LogP contribution < -0.4 is 15.8 Å². The van der Waals surface area contributed by atoms with Crippen molar-refractivity contribution in [3.63, 3.8) is 0 Å². The molecule has 1 aromatic heterocycles. The zero-order valence-corrected chi connectivity index (χ0v) is 20.1. The zero-order valence-electron chi connectivity index (χ0n) is 17.7. The maximum absolute atomic E-state index is 13.8. The Balaban J connectivity index is 2.17. The van der Waals surface area contributed by atoms with Gasteiger partial charge in [0.15, 0.2) is 0 Å². The summed E-state index contributed by atoms with van der Waals surface area (Å²) in [4.78, 5) is 16.0. The van der Waals surface area contributed by atoms with E-state index in [4.69, 9.17) is 11.6 Å². The molecule has 0 aliphatic carbocycles. The van der Waals surface area contributed by atoms with Crippen LogP contribution in [0, 0.1) is 11.3 Å². The molecule has 2 aromatic carbocycles. The van der Waals surface area contributed by atoms with E-state index in [0.29, 0.717) is 21.7 Å². The molecular formula is C24H24BrClN4O. The Labute approximate surface area is 195 Å². The lowest BCUT2D eigenvalue weighted by atomic mass is 9.99. The maximum Gasteiger partial charge on any atom is 0.275 e. The predicted molar refractivity (Wildman–Crippen MR) is 131 cm³/mol. The number of hydrogen-bond donors (Lipinski definition) is 1. The van der Waals surface area contributed by atoms with Gasteiger partial charge in [-0.05, 0) is 52.5 Å². The average Bonchev–Trinajstić information content (AvgIpc) is 2.75. The molecule has 1 N–H and O–H groups in total. The molecule has 1 saturated heterocycles. The number of para-hydroxylation sites is 1. The van der Waals surface area contributed by atoms with E-state index < -0.39 is 0 Å². The van der Waals surface area contributed by atoms with Gasteiger partial charge in [0.1, 0.15) is 11.6 Å². The minimum atomic E-state index is -0.307. The van der Waals surface area contributed by atoms with Gasteiger partial charge in [0.2, 0.25) is 0 Å². The van der Waals surface area contributed by atoms with Gasteiger partial charge in [-0.25, -0.2) is 0 Å². The van der Waals surface area contributed by atoms with E-state index in [-0.39, 0.29) is 23.1 Å². The van der Waals surface area contributed by atoms with E-state index in [0.717, 1.165) is 35.2 Å². The molecule has 0 amide bonds. The van der Waals surface area contributed by atoms with E-state index in [1.807, 2.05) is 36.4 Å². The Kier molecular flexibility index (Phi) is 6.11. The summed E-state index contributed by atoms with van der Waals surface area (Å²) in [6.07, 6.45) is 0. The summed E-state index contributed by atoms with van der Waals surface area (Å²) in [6, 6.07) is 14.0. The van der Waals surface area contributed by atoms with Crippen LogP contribution in [0.5, 0.6) is 0 Å². The van der Waals surface area contributed by atoms with Crippen molar-refractivity contribution in [2.24, 2.45) is 0 Å². The number of anilines is 1. The number of aromatic nitrogens is 1. The van der Waals surface area contributed by atoms with Crippen LogP contribution in [0.15, 0.2) is 45.7 Å². The lowest BCUT2D eigenvalue weighted by molar-refractivity contribution is 0.501. The first-order valence-corrected chi connectivity index (χ1v) is 11.6. The minimum absolute atomic E-state index is 0.143. The molecule has 1 fully saturated rings. The van der Waals surface area contributed by atoms with Gasteiger partial charge in [-0.1, -0.05) is 43.6 Å². The summed E-state index contributed by atoms with van der Waals surface area (Å²) in [5.41, 5.74) is 3.08. The summed E-state index contributed by atoms with van der Waals surface area (Å²) >= 11 is 10.0. The number of pyridine rings is 1. The second kappa shape index (κ2) is 8.66. The lowest BCUT2D eigenvalue weighted by Crippen LogP contribution is -2.50. The Morgan fingerprint density at radius 3 is 2.71 bits per heavy atom. The molecule has 5 nitrogen and oxygen atoms in total. The molecule has 0 unspecified atom stereocenters. The molecule has 1 aliphatic heterocycles. The maximum atomic E-state index is 13.8. The molecule has 0 spiro atoms. The van der Waals surface area contributed by atoms with Crippen LogP contribution >= 0.6 is 27.5 Å². The third-order valence-corrected chi connectivity index (χ3v) is 7.09. The first kappa shape index (κ1) is 21.9. The Morgan fingerprint density at radius 1 is 1.29 bits per heavy atom. The number of piperazine rings is 1. The van der Waals surface area contributed by atoms with Crippen molar-refractivity contribution in [2.45, 2.75) is 32.7 Å². The number of rotatable bonds is 3. The van der Waals surface area contributed by atoms with Crippen molar-refractivity contribution < 1.29 is 0 Å². The van der Waals surface area contributed by atoms with Gasteiger partial charge in [-0.15, -0.1) is 0 Å². The Bertz CT molecular complexity index is 1260. The second-order valence-corrected chi connectivity index (χ2v) is 9.48. The fraction of sp³-hybridized carbons (Fsp3) is 0.333. The number of hydrogen-bond acceptors (Lipinski definition) is 4. The largest absolute Gasteiger partial charge is 0.364 e. The third-order valence-electron chi connectivity index (χ3n) is 5.89. The zero-order chi connectivity index (χ0) is 22.3. The number of nitrogens with one attached hydrogen (secondary N) is 1. The van der Waals surface area contributed by atoms with Gasteiger partial charge in [-0.3, -0.25) is 9.36 Å². The molecule has 1 aliphatic rings. The highest BCUT2D eigenvalue weighted by Gasteiger charge is 2.28. The van der Waals surface area contributed by atoms with Crippen LogP contribution in [0.3, 0.4) is 0 Å². The quantitative estimate of drug-likeness (QED) is 0.538. The topological polar surface area (TPSA) is 61.1 Å². The summed E-state index contributed by atoms with van der Waals surface area (Å²) in [5.74, 6) is 0.215. The van der Waals surface area contributed by atoms with Gasteiger partial charge >= 0.3 is 0 Å². The number of benzene rings is 2. The normalized spacial score (nSPS) is 16.7. The third kappa shape index (κ3) is 3.76. The van der Waals surface area contributed by atoms with E-state index >= 15 is 0 Å². The number of halogens is 2. The molecule has 3 aromatic rings. The fourth-order valence-electron chi connectivity index (χ4n) is 4.36. The van der Waals surface area contributed by atoms with Crippen molar-refractivity contribution in [3.05, 3.63) is 67.4 Å². The van der Waals surface area contributed by atoms with Gasteiger partial charge in [0.05, 0.1) is 21.9 Å². The average molecular weight is 500 g/mol. The second-order valence-electron chi connectivity index (χ2n) is 8.22. The van der Waals surface area contributed by atoms with Gasteiger partial charge < -0.3 is 10.2 Å². The van der Waals surface area contributed by atoms with Crippen molar-refractivity contribution >= 4 is 44.1 Å². The van der Waals surface area contributed by atoms with E-state index in [2.05, 4.69) is 53.0 Å². The summed E-state index contributed by atoms with van der Waals surface area (Å²) in [6.45, 7) is 8.58. The number of nitriles is 1. The lowest BCUT2D eigenvalue weighted by Gasteiger charge is -2.37. The first-order valence-electron chi connectivity index (χ1n) is 10.4. The summed E-state index contributed by atoms with van der Waals surface area (Å²) in [7, 11) is 0. The van der Waals surface area contributed by atoms with Crippen LogP contribution in [0.4, 0.5) is 5.69 Å². The molecule has 0 radical (unpaired) electrons. The van der Waals surface area contributed by atoms with Gasteiger partial charge in [0, 0.05) is 35.5 Å². The van der Waals surface area contributed by atoms with Crippen molar-refractivity contribution in [1.29, 1.82) is 5.26 Å². The molecule has 4 rings (SSSR count). The Morgan fingerprint density at radius 2 is 2.03 bits per heavy atom. The van der Waals surface area contributed by atoms with Crippen LogP contribution in [-0.2, 0) is 0 Å². The van der Waals surface area contributed by atoms with E-state index in [1.54, 1.807) is 4.57 Å². The highest BCUT2D eigenvalue weighted by molar-refractivity contribution is 9.10. The standard InChI is InChI=1S/C24H24BrClN4O/c1-14(2)16-6-4-5-7-21(16)30-22-11-19(25)20(26)10-17(22)23(18(12-27)24(30)31)29-9-8-28-13-15(29)3/h4-7,10-11,14-15,28H,8-9,13H2,1-3H3/t15-/m0/s1. The predicted octanol–water partition coefficient (Wildman–Crippen LogP) is 5.20. The van der Waals surface area contributed by atoms with Crippen LogP contribution in [0.1, 0.15) is 37.8 Å². The highest BCUT2D eigenvalue weighted by Crippen LogP contribution is 2.37. The Hall–Kier alpha value is -2.33. The van der Waals surface area contributed by atoms with Crippen LogP contribution in [0.2, 0.25) is 5.02 Å². The smallest absolute Gasteiger partial charge is 0.275 e. The van der Waals surface area contributed by atoms with E-state index in [1.165, 1.54) is 0 Å². The minimum Gasteiger partial charge on any atom is -0.364 e. The van der Waals surface area contributed by atoms with Crippen molar-refractivity contribution in [3.8, 4) is 11.8 Å². The van der Waals surface area contributed by atoms with E-state index in [9.17, 15) is 10.1 Å². The van der Waals surface area contributed by atoms with Gasteiger partial charge in [-0.2, -0.15) is 5.26 Å². The molecular weight excluding hydrogens is 476 g/mol. The van der Waals surface area contributed by atoms with Crippen LogP contribution in [0.25, 0.3) is 16.6 Å². The van der Waals surface area contributed by atoms with Gasteiger partial charge in [0.25, 0.3) is 5.56 Å². The highest BCUT2D eigenvalue weighted by atomic mass is 79.9. The monoisotopic (exact) mass is 498 g/mol. The number of fused-ring (bicyclic) bond motifs is 1. The molecule has 31 heavy (non-hydrogen) atoms. The molecule has 1 atom stereocenters. The molecule has 7 heteroatoms. The molecule has 160 valence electrons. The molecule has 0 bridgehead atoms. The summed E-state index contributed by atoms with van der Waals surface area (Å²) < 4.78 is 2.38. The molecule has 0 saturated carbocycles. The summed E-state index contributed by atoms with van der Waals surface area (Å²) in [5, 5.41) is 14.8. The first-order chi connectivity index (χ1) is 14.8. The number of nitrogens with zero attached hydrogens (tertiary/aromatic N) is 3. The molecule has 2 heterocycles. The SMILES string of the molecule is CC(C)c1ccccc1-n1c(=O)c(C#N)c(N2CCNC[C@@H]2C)c2cc(Cl)c(Br)cc21.